The first-order chi connectivity index (χ1) is 6.13. The second-order valence-electron chi connectivity index (χ2n) is 4.48. The maximum absolute atomic E-state index is 5.27. The number of ether oxygens (including phenoxy) is 1. The van der Waals surface area contributed by atoms with Gasteiger partial charge in [0, 0.05) is 19.2 Å². The summed E-state index contributed by atoms with van der Waals surface area (Å²) < 4.78 is 5.27. The van der Waals surface area contributed by atoms with Crippen molar-refractivity contribution in [1.29, 1.82) is 0 Å². The summed E-state index contributed by atoms with van der Waals surface area (Å²) in [5, 5.41) is 3.58. The molecular weight excluding hydrogens is 162 g/mol. The van der Waals surface area contributed by atoms with Crippen molar-refractivity contribution in [3.8, 4) is 0 Å². The van der Waals surface area contributed by atoms with Crippen LogP contribution in [0.25, 0.3) is 0 Å². The second-order valence-corrected chi connectivity index (χ2v) is 4.48. The van der Waals surface area contributed by atoms with E-state index in [1.165, 1.54) is 19.3 Å². The summed E-state index contributed by atoms with van der Waals surface area (Å²) in [7, 11) is 1.77. The van der Waals surface area contributed by atoms with Gasteiger partial charge in [-0.15, -0.1) is 0 Å². The van der Waals surface area contributed by atoms with Crippen LogP contribution in [-0.4, -0.2) is 25.3 Å². The molecule has 1 saturated carbocycles. The molecule has 0 spiro atoms. The Morgan fingerprint density at radius 1 is 1.31 bits per heavy atom. The number of rotatable bonds is 6. The molecule has 1 N–H and O–H groups in total. The van der Waals surface area contributed by atoms with Gasteiger partial charge in [0.05, 0.1) is 6.10 Å². The first-order valence-electron chi connectivity index (χ1n) is 5.42. The van der Waals surface area contributed by atoms with Crippen molar-refractivity contribution in [1.82, 2.24) is 5.32 Å². The van der Waals surface area contributed by atoms with E-state index < -0.39 is 0 Å². The lowest BCUT2D eigenvalue weighted by molar-refractivity contribution is 0.0845. The summed E-state index contributed by atoms with van der Waals surface area (Å²) in [6.45, 7) is 6.58. The Bertz CT molecular complexity index is 145. The summed E-state index contributed by atoms with van der Waals surface area (Å²) >= 11 is 0. The van der Waals surface area contributed by atoms with Crippen LogP contribution < -0.4 is 5.32 Å². The van der Waals surface area contributed by atoms with Crippen LogP contribution in [0.4, 0.5) is 0 Å². The molecule has 2 nitrogen and oxygen atoms in total. The fourth-order valence-corrected chi connectivity index (χ4v) is 1.71. The van der Waals surface area contributed by atoms with Crippen LogP contribution in [0.15, 0.2) is 0 Å². The molecule has 1 aliphatic carbocycles. The molecule has 1 aliphatic rings. The zero-order valence-electron chi connectivity index (χ0n) is 9.34. The third kappa shape index (κ3) is 4.10. The first kappa shape index (κ1) is 11.0. The molecule has 0 saturated heterocycles. The third-order valence-electron chi connectivity index (χ3n) is 3.01. The molecule has 13 heavy (non-hydrogen) atoms. The monoisotopic (exact) mass is 185 g/mol. The maximum Gasteiger partial charge on any atom is 0.0693 e. The topological polar surface area (TPSA) is 21.3 Å². The molecule has 1 rings (SSSR count). The summed E-state index contributed by atoms with van der Waals surface area (Å²) in [4.78, 5) is 0. The highest BCUT2D eigenvalue weighted by atomic mass is 16.5. The molecule has 1 fully saturated rings. The third-order valence-corrected chi connectivity index (χ3v) is 3.01. The van der Waals surface area contributed by atoms with Crippen LogP contribution in [0, 0.1) is 5.92 Å². The largest absolute Gasteiger partial charge is 0.380 e. The molecule has 0 aromatic rings. The first-order valence-corrected chi connectivity index (χ1v) is 5.42. The Balaban J connectivity index is 2.13. The average molecular weight is 185 g/mol. The number of hydrogen-bond acceptors (Lipinski definition) is 2. The molecule has 78 valence electrons. The lowest BCUT2D eigenvalue weighted by atomic mass is 10.1. The molecule has 3 atom stereocenters. The highest BCUT2D eigenvalue weighted by molar-refractivity contribution is 4.80. The smallest absolute Gasteiger partial charge is 0.0693 e. The Morgan fingerprint density at radius 2 is 1.92 bits per heavy atom. The van der Waals surface area contributed by atoms with Crippen LogP contribution in [0.3, 0.4) is 0 Å². The van der Waals surface area contributed by atoms with E-state index in [1.54, 1.807) is 7.11 Å². The van der Waals surface area contributed by atoms with Crippen LogP contribution in [0.1, 0.15) is 40.0 Å². The van der Waals surface area contributed by atoms with Gasteiger partial charge in [-0.05, 0) is 33.1 Å². The fourth-order valence-electron chi connectivity index (χ4n) is 1.71. The SMILES string of the molecule is COC(C)C(C)NC(C)CC1CC1. The number of hydrogen-bond donors (Lipinski definition) is 1. The zero-order chi connectivity index (χ0) is 9.84. The van der Waals surface area contributed by atoms with E-state index in [1.807, 2.05) is 0 Å². The molecule has 0 heterocycles. The van der Waals surface area contributed by atoms with Crippen LogP contribution in [0.2, 0.25) is 0 Å². The summed E-state index contributed by atoms with van der Waals surface area (Å²) in [5.74, 6) is 1.01. The van der Waals surface area contributed by atoms with Crippen LogP contribution in [-0.2, 0) is 4.74 Å². The predicted octanol–water partition coefficient (Wildman–Crippen LogP) is 2.19. The summed E-state index contributed by atoms with van der Waals surface area (Å²) in [5.41, 5.74) is 0. The Morgan fingerprint density at radius 3 is 2.38 bits per heavy atom. The molecule has 0 radical (unpaired) electrons. The number of methoxy groups -OCH3 is 1. The molecule has 0 aromatic heterocycles. The highest BCUT2D eigenvalue weighted by Gasteiger charge is 2.24. The molecular formula is C11H23NO. The van der Waals surface area contributed by atoms with Gasteiger partial charge in [-0.25, -0.2) is 0 Å². The quantitative estimate of drug-likeness (QED) is 0.685. The van der Waals surface area contributed by atoms with Gasteiger partial charge in [0.25, 0.3) is 0 Å². The molecule has 0 bridgehead atoms. The fraction of sp³-hybridized carbons (Fsp3) is 1.00. The van der Waals surface area contributed by atoms with Gasteiger partial charge >= 0.3 is 0 Å². The van der Waals surface area contributed by atoms with Gasteiger partial charge in [-0.3, -0.25) is 0 Å². The predicted molar refractivity (Wildman–Crippen MR) is 55.9 cm³/mol. The molecule has 0 aliphatic heterocycles. The van der Waals surface area contributed by atoms with E-state index >= 15 is 0 Å². The van der Waals surface area contributed by atoms with Crippen molar-refractivity contribution in [3.05, 3.63) is 0 Å². The molecule has 0 aromatic carbocycles. The van der Waals surface area contributed by atoms with Crippen molar-refractivity contribution in [2.45, 2.75) is 58.2 Å². The number of nitrogens with one attached hydrogen (secondary N) is 1. The Labute approximate surface area is 82.0 Å². The normalized spacial score (nSPS) is 24.0. The van der Waals surface area contributed by atoms with Gasteiger partial charge < -0.3 is 10.1 Å². The van der Waals surface area contributed by atoms with Gasteiger partial charge in [-0.1, -0.05) is 12.8 Å². The molecule has 2 heteroatoms. The van der Waals surface area contributed by atoms with Crippen LogP contribution >= 0.6 is 0 Å². The van der Waals surface area contributed by atoms with E-state index in [9.17, 15) is 0 Å². The van der Waals surface area contributed by atoms with Crippen molar-refractivity contribution in [2.24, 2.45) is 5.92 Å². The lowest BCUT2D eigenvalue weighted by Crippen LogP contribution is -2.42. The van der Waals surface area contributed by atoms with Crippen molar-refractivity contribution < 1.29 is 4.74 Å². The van der Waals surface area contributed by atoms with Crippen molar-refractivity contribution >= 4 is 0 Å². The lowest BCUT2D eigenvalue weighted by Gasteiger charge is -2.24. The summed E-state index contributed by atoms with van der Waals surface area (Å²) in [6.07, 6.45) is 4.53. The Kier molecular flexibility index (Phi) is 4.20. The van der Waals surface area contributed by atoms with E-state index in [0.717, 1.165) is 5.92 Å². The van der Waals surface area contributed by atoms with Crippen molar-refractivity contribution in [3.63, 3.8) is 0 Å². The highest BCUT2D eigenvalue weighted by Crippen LogP contribution is 2.33. The average Bonchev–Trinajstić information content (AvgIpc) is 2.86. The minimum Gasteiger partial charge on any atom is -0.380 e. The van der Waals surface area contributed by atoms with Gasteiger partial charge in [-0.2, -0.15) is 0 Å². The molecule has 3 unspecified atom stereocenters. The van der Waals surface area contributed by atoms with E-state index in [0.29, 0.717) is 18.2 Å². The van der Waals surface area contributed by atoms with E-state index in [2.05, 4.69) is 26.1 Å². The van der Waals surface area contributed by atoms with Gasteiger partial charge in [0.2, 0.25) is 0 Å². The summed E-state index contributed by atoms with van der Waals surface area (Å²) in [6, 6.07) is 1.10. The maximum atomic E-state index is 5.27. The van der Waals surface area contributed by atoms with E-state index in [-0.39, 0.29) is 0 Å². The Hall–Kier alpha value is -0.0800. The van der Waals surface area contributed by atoms with Crippen LogP contribution in [0.5, 0.6) is 0 Å². The molecule has 0 amide bonds. The van der Waals surface area contributed by atoms with Crippen molar-refractivity contribution in [2.75, 3.05) is 7.11 Å². The standard InChI is InChI=1S/C11H23NO/c1-8(7-11-5-6-11)12-9(2)10(3)13-4/h8-12H,5-7H2,1-4H3. The second kappa shape index (κ2) is 4.97. The van der Waals surface area contributed by atoms with E-state index in [4.69, 9.17) is 4.74 Å². The van der Waals surface area contributed by atoms with Gasteiger partial charge in [0.15, 0.2) is 0 Å². The van der Waals surface area contributed by atoms with Gasteiger partial charge in [0.1, 0.15) is 0 Å². The minimum absolute atomic E-state index is 0.307. The zero-order valence-corrected chi connectivity index (χ0v) is 9.34. The minimum atomic E-state index is 0.307.